The van der Waals surface area contributed by atoms with E-state index in [1.165, 1.54) is 12.8 Å². The Labute approximate surface area is 77.2 Å². The van der Waals surface area contributed by atoms with Crippen molar-refractivity contribution in [2.45, 2.75) is 33.6 Å². The highest BCUT2D eigenvalue weighted by Crippen LogP contribution is 2.18. The van der Waals surface area contributed by atoms with Gasteiger partial charge in [-0.1, -0.05) is 26.0 Å². The van der Waals surface area contributed by atoms with Crippen LogP contribution in [0.2, 0.25) is 0 Å². The molecule has 2 atom stereocenters. The molecule has 0 saturated heterocycles. The molecule has 1 nitrogen and oxygen atoms in total. The van der Waals surface area contributed by atoms with Gasteiger partial charge >= 0.3 is 0 Å². The molecular weight excluding hydrogens is 146 g/mol. The van der Waals surface area contributed by atoms with Crippen molar-refractivity contribution < 1.29 is 0 Å². The molecule has 0 radical (unpaired) electrons. The van der Waals surface area contributed by atoms with Crippen molar-refractivity contribution in [1.82, 2.24) is 5.32 Å². The summed E-state index contributed by atoms with van der Waals surface area (Å²) in [4.78, 5) is 0. The summed E-state index contributed by atoms with van der Waals surface area (Å²) < 4.78 is 0. The van der Waals surface area contributed by atoms with Gasteiger partial charge in [0.2, 0.25) is 0 Å². The van der Waals surface area contributed by atoms with E-state index in [2.05, 4.69) is 38.2 Å². The monoisotopic (exact) mass is 169 g/mol. The molecule has 0 rings (SSSR count). The molecule has 0 aliphatic carbocycles. The largest absolute Gasteiger partial charge is 0.320 e. The van der Waals surface area contributed by atoms with E-state index in [1.54, 1.807) is 0 Å². The predicted molar refractivity (Wildman–Crippen MR) is 56.3 cm³/mol. The third-order valence-corrected chi connectivity index (χ3v) is 2.56. The minimum atomic E-state index is 0.814. The lowest BCUT2D eigenvalue weighted by atomic mass is 9.90. The normalized spacial score (nSPS) is 16.7. The number of allylic oxidation sites excluding steroid dienone is 2. The van der Waals surface area contributed by atoms with Crippen LogP contribution in [0.3, 0.4) is 0 Å². The first kappa shape index (κ1) is 11.7. The summed E-state index contributed by atoms with van der Waals surface area (Å²) in [6.07, 6.45) is 6.92. The average molecular weight is 169 g/mol. The van der Waals surface area contributed by atoms with Crippen LogP contribution in [0.25, 0.3) is 0 Å². The molecule has 0 aromatic rings. The molecule has 0 saturated carbocycles. The van der Waals surface area contributed by atoms with Gasteiger partial charge in [0.15, 0.2) is 0 Å². The van der Waals surface area contributed by atoms with Crippen LogP contribution < -0.4 is 5.32 Å². The maximum Gasteiger partial charge on any atom is -0.00493 e. The Bertz CT molecular complexity index is 118. The van der Waals surface area contributed by atoms with E-state index in [-0.39, 0.29) is 0 Å². The van der Waals surface area contributed by atoms with Crippen molar-refractivity contribution in [2.24, 2.45) is 11.8 Å². The van der Waals surface area contributed by atoms with Gasteiger partial charge in [-0.25, -0.2) is 0 Å². The summed E-state index contributed by atoms with van der Waals surface area (Å²) >= 11 is 0. The Morgan fingerprint density at radius 2 is 1.92 bits per heavy atom. The van der Waals surface area contributed by atoms with Gasteiger partial charge in [-0.3, -0.25) is 0 Å². The van der Waals surface area contributed by atoms with E-state index in [1.807, 2.05) is 7.05 Å². The van der Waals surface area contributed by atoms with Gasteiger partial charge in [0, 0.05) is 0 Å². The van der Waals surface area contributed by atoms with Crippen LogP contribution >= 0.6 is 0 Å². The number of hydrogen-bond donors (Lipinski definition) is 1. The summed E-state index contributed by atoms with van der Waals surface area (Å²) in [6, 6.07) is 0. The minimum Gasteiger partial charge on any atom is -0.320 e. The molecular formula is C11H23N. The second kappa shape index (κ2) is 7.35. The van der Waals surface area contributed by atoms with Crippen molar-refractivity contribution in [3.05, 3.63) is 12.2 Å². The first-order valence-corrected chi connectivity index (χ1v) is 4.98. The van der Waals surface area contributed by atoms with Crippen molar-refractivity contribution in [2.75, 3.05) is 13.6 Å². The smallest absolute Gasteiger partial charge is 0.00493 e. The highest BCUT2D eigenvalue weighted by molar-refractivity contribution is 4.80. The molecule has 0 amide bonds. The van der Waals surface area contributed by atoms with Gasteiger partial charge in [0.25, 0.3) is 0 Å². The molecule has 0 heterocycles. The maximum atomic E-state index is 3.19. The SMILES string of the molecule is C/C=C\CC(C)[C@H](C)CCNC. The van der Waals surface area contributed by atoms with E-state index in [0.29, 0.717) is 0 Å². The first-order chi connectivity index (χ1) is 5.72. The van der Waals surface area contributed by atoms with Gasteiger partial charge < -0.3 is 5.32 Å². The van der Waals surface area contributed by atoms with Gasteiger partial charge in [0.1, 0.15) is 0 Å². The zero-order valence-corrected chi connectivity index (χ0v) is 8.93. The quantitative estimate of drug-likeness (QED) is 0.603. The summed E-state index contributed by atoms with van der Waals surface area (Å²) in [5.74, 6) is 1.64. The van der Waals surface area contributed by atoms with E-state index in [0.717, 1.165) is 18.4 Å². The third kappa shape index (κ3) is 5.36. The molecule has 0 spiro atoms. The lowest BCUT2D eigenvalue weighted by molar-refractivity contribution is 0.364. The Kier molecular flexibility index (Phi) is 7.17. The van der Waals surface area contributed by atoms with Crippen LogP contribution in [0.15, 0.2) is 12.2 Å². The predicted octanol–water partition coefficient (Wildman–Crippen LogP) is 2.83. The fraction of sp³-hybridized carbons (Fsp3) is 0.818. The number of hydrogen-bond acceptors (Lipinski definition) is 1. The van der Waals surface area contributed by atoms with Crippen molar-refractivity contribution in [3.8, 4) is 0 Å². The molecule has 1 N–H and O–H groups in total. The topological polar surface area (TPSA) is 12.0 Å². The van der Waals surface area contributed by atoms with Gasteiger partial charge in [-0.2, -0.15) is 0 Å². The first-order valence-electron chi connectivity index (χ1n) is 4.98. The molecule has 1 heteroatoms. The van der Waals surface area contributed by atoms with Crippen LogP contribution in [0.4, 0.5) is 0 Å². The van der Waals surface area contributed by atoms with Crippen LogP contribution in [0.5, 0.6) is 0 Å². The lowest BCUT2D eigenvalue weighted by Gasteiger charge is -2.17. The van der Waals surface area contributed by atoms with E-state index in [9.17, 15) is 0 Å². The molecule has 0 aromatic carbocycles. The Morgan fingerprint density at radius 3 is 2.42 bits per heavy atom. The Morgan fingerprint density at radius 1 is 1.25 bits per heavy atom. The number of rotatable bonds is 6. The zero-order chi connectivity index (χ0) is 9.40. The fourth-order valence-electron chi connectivity index (χ4n) is 1.24. The Balaban J connectivity index is 3.53. The molecule has 0 aliphatic rings. The molecule has 0 bridgehead atoms. The minimum absolute atomic E-state index is 0.814. The highest BCUT2D eigenvalue weighted by atomic mass is 14.8. The standard InChI is InChI=1S/C11H23N/c1-5-6-7-10(2)11(3)8-9-12-4/h5-6,10-12H,7-9H2,1-4H3/b6-5-/t10?,11-/m1/s1. The second-order valence-corrected chi connectivity index (χ2v) is 3.65. The molecule has 0 aliphatic heterocycles. The Hall–Kier alpha value is -0.300. The summed E-state index contributed by atoms with van der Waals surface area (Å²) in [7, 11) is 2.02. The lowest BCUT2D eigenvalue weighted by Crippen LogP contribution is -2.15. The van der Waals surface area contributed by atoms with Crippen molar-refractivity contribution >= 4 is 0 Å². The summed E-state index contributed by atoms with van der Waals surface area (Å²) in [5, 5.41) is 3.19. The van der Waals surface area contributed by atoms with Gasteiger partial charge in [-0.05, 0) is 45.2 Å². The fourth-order valence-corrected chi connectivity index (χ4v) is 1.24. The zero-order valence-electron chi connectivity index (χ0n) is 8.93. The molecule has 0 fully saturated rings. The molecule has 12 heavy (non-hydrogen) atoms. The highest BCUT2D eigenvalue weighted by Gasteiger charge is 2.09. The van der Waals surface area contributed by atoms with Crippen molar-refractivity contribution in [1.29, 1.82) is 0 Å². The van der Waals surface area contributed by atoms with E-state index in [4.69, 9.17) is 0 Å². The van der Waals surface area contributed by atoms with E-state index >= 15 is 0 Å². The van der Waals surface area contributed by atoms with Crippen molar-refractivity contribution in [3.63, 3.8) is 0 Å². The third-order valence-electron chi connectivity index (χ3n) is 2.56. The van der Waals surface area contributed by atoms with Crippen LogP contribution in [-0.2, 0) is 0 Å². The van der Waals surface area contributed by atoms with E-state index < -0.39 is 0 Å². The maximum absolute atomic E-state index is 3.19. The van der Waals surface area contributed by atoms with Gasteiger partial charge in [0.05, 0.1) is 0 Å². The molecule has 0 aromatic heterocycles. The van der Waals surface area contributed by atoms with Crippen LogP contribution in [0, 0.1) is 11.8 Å². The molecule has 1 unspecified atom stereocenters. The molecule has 72 valence electrons. The van der Waals surface area contributed by atoms with Crippen LogP contribution in [-0.4, -0.2) is 13.6 Å². The second-order valence-electron chi connectivity index (χ2n) is 3.65. The van der Waals surface area contributed by atoms with Crippen LogP contribution in [0.1, 0.15) is 33.6 Å². The average Bonchev–Trinajstić information content (AvgIpc) is 2.10. The summed E-state index contributed by atoms with van der Waals surface area (Å²) in [5.41, 5.74) is 0. The number of nitrogens with one attached hydrogen (secondary N) is 1. The summed E-state index contributed by atoms with van der Waals surface area (Å²) in [6.45, 7) is 7.90. The van der Waals surface area contributed by atoms with Gasteiger partial charge in [-0.15, -0.1) is 0 Å².